The third kappa shape index (κ3) is 6.83. The van der Waals surface area contributed by atoms with E-state index in [1.807, 2.05) is 30.3 Å². The monoisotopic (exact) mass is 792 g/mol. The molecule has 5 fully saturated rings. The number of methoxy groups -OCH3 is 1. The van der Waals surface area contributed by atoms with Crippen molar-refractivity contribution in [1.82, 2.24) is 4.90 Å². The van der Waals surface area contributed by atoms with Crippen LogP contribution in [-0.4, -0.2) is 70.0 Å². The number of hydrogen-bond donors (Lipinski definition) is 0. The molecular formula is C51H69NO6. The second kappa shape index (κ2) is 16.0. The number of nitrogens with zero attached hydrogens (tertiary/aromatic N) is 1. The number of rotatable bonds is 11. The van der Waals surface area contributed by atoms with E-state index in [0.29, 0.717) is 43.1 Å². The van der Waals surface area contributed by atoms with Gasteiger partial charge in [-0.1, -0.05) is 89.7 Å². The minimum Gasteiger partial charge on any atom is -0.465 e. The second-order valence-corrected chi connectivity index (χ2v) is 20.3. The molecule has 9 unspecified atom stereocenters. The zero-order valence-corrected chi connectivity index (χ0v) is 36.3. The molecule has 58 heavy (non-hydrogen) atoms. The van der Waals surface area contributed by atoms with Crippen LogP contribution in [0.2, 0.25) is 0 Å². The predicted molar refractivity (Wildman–Crippen MR) is 229 cm³/mol. The number of esters is 2. The predicted octanol–water partition coefficient (Wildman–Crippen LogP) is 10.2. The fourth-order valence-electron chi connectivity index (χ4n) is 14.6. The van der Waals surface area contributed by atoms with Crippen LogP contribution in [0.25, 0.3) is 5.57 Å². The molecule has 2 aromatic rings. The smallest absolute Gasteiger partial charge is 0.337 e. The average Bonchev–Trinajstić information content (AvgIpc) is 3.63. The van der Waals surface area contributed by atoms with E-state index in [1.54, 1.807) is 0 Å². The molecule has 5 aliphatic carbocycles. The number of benzene rings is 2. The van der Waals surface area contributed by atoms with Crippen molar-refractivity contribution >= 4 is 17.5 Å². The van der Waals surface area contributed by atoms with E-state index in [-0.39, 0.29) is 45.4 Å². The van der Waals surface area contributed by atoms with Gasteiger partial charge in [-0.2, -0.15) is 0 Å². The van der Waals surface area contributed by atoms with Crippen LogP contribution in [0.5, 0.6) is 0 Å². The summed E-state index contributed by atoms with van der Waals surface area (Å²) < 4.78 is 23.3. The van der Waals surface area contributed by atoms with Crippen LogP contribution in [0.4, 0.5) is 0 Å². The average molecular weight is 792 g/mol. The van der Waals surface area contributed by atoms with Gasteiger partial charge in [-0.3, -0.25) is 9.69 Å². The molecule has 0 bridgehead atoms. The maximum Gasteiger partial charge on any atom is 0.337 e. The molecular weight excluding hydrogens is 723 g/mol. The zero-order chi connectivity index (χ0) is 40.9. The standard InChI is InChI=1S/C51H69NO6/c1-35(33-57-32-29-52-27-30-56-31-28-52)39-19-24-51(46(54)58-34-36-11-9-8-10-12-36)26-25-49(5)41(44(39)51)17-18-43-48(4)22-20-40(37-13-15-38(16-14-37)45(53)55-7)47(2,3)42(48)21-23-50(43,49)6/h8-16,20,39,41-44H,1,17-19,21-34H2,2-7H3. The lowest BCUT2D eigenvalue weighted by molar-refractivity contribution is -0.229. The molecule has 1 heterocycles. The van der Waals surface area contributed by atoms with Gasteiger partial charge in [0.15, 0.2) is 0 Å². The van der Waals surface area contributed by atoms with Crippen LogP contribution in [0.3, 0.4) is 0 Å². The Morgan fingerprint density at radius 2 is 1.59 bits per heavy atom. The first-order chi connectivity index (χ1) is 27.8. The molecule has 0 N–H and O–H groups in total. The molecule has 0 spiro atoms. The summed E-state index contributed by atoms with van der Waals surface area (Å²) in [4.78, 5) is 29.4. The van der Waals surface area contributed by atoms with Crippen molar-refractivity contribution in [2.45, 2.75) is 99.0 Å². The van der Waals surface area contributed by atoms with Crippen molar-refractivity contribution in [3.63, 3.8) is 0 Å². The van der Waals surface area contributed by atoms with Gasteiger partial charge in [0.2, 0.25) is 0 Å². The zero-order valence-electron chi connectivity index (χ0n) is 36.3. The Balaban J connectivity index is 1.06. The van der Waals surface area contributed by atoms with Crippen LogP contribution in [-0.2, 0) is 30.3 Å². The van der Waals surface area contributed by atoms with Gasteiger partial charge >= 0.3 is 11.9 Å². The van der Waals surface area contributed by atoms with Crippen molar-refractivity contribution in [2.75, 3.05) is 53.2 Å². The summed E-state index contributed by atoms with van der Waals surface area (Å²) in [6.07, 6.45) is 12.2. The van der Waals surface area contributed by atoms with Crippen LogP contribution in [0.1, 0.15) is 114 Å². The minimum atomic E-state index is -0.488. The maximum atomic E-state index is 14.7. The molecule has 1 saturated heterocycles. The number of carbonyl (C=O) groups excluding carboxylic acids is 2. The molecule has 4 saturated carbocycles. The number of carbonyl (C=O) groups is 2. The summed E-state index contributed by atoms with van der Waals surface area (Å²) in [6.45, 7) is 23.6. The molecule has 0 radical (unpaired) electrons. The summed E-state index contributed by atoms with van der Waals surface area (Å²) in [5, 5.41) is 0. The van der Waals surface area contributed by atoms with Gasteiger partial charge in [0.1, 0.15) is 6.61 Å². The van der Waals surface area contributed by atoms with Crippen LogP contribution in [0, 0.1) is 56.7 Å². The highest BCUT2D eigenvalue weighted by molar-refractivity contribution is 5.90. The Bertz CT molecular complexity index is 1860. The highest BCUT2D eigenvalue weighted by Crippen LogP contribution is 2.78. The number of ether oxygens (including phenoxy) is 4. The third-order valence-electron chi connectivity index (χ3n) is 17.7. The van der Waals surface area contributed by atoms with Gasteiger partial charge in [-0.05, 0) is 143 Å². The van der Waals surface area contributed by atoms with Gasteiger partial charge in [-0.15, -0.1) is 0 Å². The Kier molecular flexibility index (Phi) is 11.4. The first kappa shape index (κ1) is 41.5. The Morgan fingerprint density at radius 1 is 0.845 bits per heavy atom. The Morgan fingerprint density at radius 3 is 2.31 bits per heavy atom. The molecule has 8 rings (SSSR count). The van der Waals surface area contributed by atoms with E-state index in [2.05, 4.69) is 69.9 Å². The van der Waals surface area contributed by atoms with Crippen LogP contribution >= 0.6 is 0 Å². The molecule has 7 nitrogen and oxygen atoms in total. The van der Waals surface area contributed by atoms with Crippen molar-refractivity contribution in [3.8, 4) is 0 Å². The molecule has 2 aromatic carbocycles. The van der Waals surface area contributed by atoms with Gasteiger partial charge in [0, 0.05) is 19.6 Å². The third-order valence-corrected chi connectivity index (χ3v) is 17.7. The van der Waals surface area contributed by atoms with E-state index >= 15 is 0 Å². The van der Waals surface area contributed by atoms with E-state index < -0.39 is 5.41 Å². The topological polar surface area (TPSA) is 74.3 Å². The summed E-state index contributed by atoms with van der Waals surface area (Å²) in [7, 11) is 1.44. The molecule has 9 atom stereocenters. The van der Waals surface area contributed by atoms with Gasteiger partial charge in [0.25, 0.3) is 0 Å². The second-order valence-electron chi connectivity index (χ2n) is 20.3. The minimum absolute atomic E-state index is 0.0147. The molecule has 6 aliphatic rings. The summed E-state index contributed by atoms with van der Waals surface area (Å²) in [6, 6.07) is 18.2. The van der Waals surface area contributed by atoms with E-state index in [0.717, 1.165) is 76.9 Å². The van der Waals surface area contributed by atoms with E-state index in [9.17, 15) is 9.59 Å². The first-order valence-corrected chi connectivity index (χ1v) is 22.4. The molecule has 314 valence electrons. The fourth-order valence-corrected chi connectivity index (χ4v) is 14.6. The van der Waals surface area contributed by atoms with Crippen LogP contribution in [0.15, 0.2) is 72.8 Å². The number of hydrogen-bond acceptors (Lipinski definition) is 7. The SMILES string of the molecule is C=C(COCCN1CCOCC1)C1CCC2(C(=O)OCc3ccccc3)CCC3(C)C(CCC4C5(C)CC=C(c6ccc(C(=O)OC)cc6)C(C)(C)C5CCC43C)C12. The van der Waals surface area contributed by atoms with E-state index in [4.69, 9.17) is 25.5 Å². The molecule has 0 amide bonds. The number of allylic oxidation sites excluding steroid dienone is 2. The van der Waals surface area contributed by atoms with Crippen molar-refractivity contribution in [2.24, 2.45) is 56.7 Å². The first-order valence-electron chi connectivity index (χ1n) is 22.4. The highest BCUT2D eigenvalue weighted by Gasteiger charge is 2.72. The number of fused-ring (bicyclic) bond motifs is 7. The highest BCUT2D eigenvalue weighted by atomic mass is 16.5. The molecule has 7 heteroatoms. The fraction of sp³-hybridized carbons (Fsp3) is 0.647. The summed E-state index contributed by atoms with van der Waals surface area (Å²) in [5.74, 6) is 1.72. The largest absolute Gasteiger partial charge is 0.465 e. The van der Waals surface area contributed by atoms with Crippen molar-refractivity contribution < 1.29 is 28.5 Å². The lowest BCUT2D eigenvalue weighted by Gasteiger charge is -2.72. The lowest BCUT2D eigenvalue weighted by Crippen LogP contribution is -2.66. The van der Waals surface area contributed by atoms with Crippen molar-refractivity contribution in [3.05, 3.63) is 89.5 Å². The Hall–Kier alpha value is -3.26. The van der Waals surface area contributed by atoms with Crippen LogP contribution < -0.4 is 0 Å². The maximum absolute atomic E-state index is 14.7. The quantitative estimate of drug-likeness (QED) is 0.127. The van der Waals surface area contributed by atoms with Gasteiger partial charge in [0.05, 0.1) is 44.5 Å². The normalized spacial score (nSPS) is 36.7. The molecule has 1 aliphatic heterocycles. The van der Waals surface area contributed by atoms with Crippen molar-refractivity contribution in [1.29, 1.82) is 0 Å². The van der Waals surface area contributed by atoms with Gasteiger partial charge in [-0.25, -0.2) is 4.79 Å². The Labute approximate surface area is 348 Å². The summed E-state index contributed by atoms with van der Waals surface area (Å²) in [5.41, 5.74) is 5.32. The number of morpholine rings is 1. The van der Waals surface area contributed by atoms with Gasteiger partial charge < -0.3 is 18.9 Å². The lowest BCUT2D eigenvalue weighted by atomic mass is 9.32. The van der Waals surface area contributed by atoms with E-state index in [1.165, 1.54) is 43.1 Å². The summed E-state index contributed by atoms with van der Waals surface area (Å²) >= 11 is 0. The molecule has 0 aromatic heterocycles.